The van der Waals surface area contributed by atoms with Crippen LogP contribution in [0.2, 0.25) is 5.02 Å². The second-order valence-corrected chi connectivity index (χ2v) is 10.6. The summed E-state index contributed by atoms with van der Waals surface area (Å²) in [5.41, 5.74) is 2.69. The average molecular weight is 581 g/mol. The zero-order chi connectivity index (χ0) is 29.3. The third-order valence-electron chi connectivity index (χ3n) is 7.47. The summed E-state index contributed by atoms with van der Waals surface area (Å²) in [5.74, 6) is -2.65. The number of carbonyl (C=O) groups excluding carboxylic acids is 2. The van der Waals surface area contributed by atoms with Gasteiger partial charge in [-0.05, 0) is 66.8 Å². The smallest absolute Gasteiger partial charge is 0.409 e. The van der Waals surface area contributed by atoms with E-state index in [9.17, 15) is 23.2 Å². The van der Waals surface area contributed by atoms with Crippen molar-refractivity contribution in [3.8, 4) is 11.1 Å². The summed E-state index contributed by atoms with van der Waals surface area (Å²) in [4.78, 5) is 43.9. The van der Waals surface area contributed by atoms with Crippen molar-refractivity contribution < 1.29 is 28.3 Å². The minimum Gasteiger partial charge on any atom is -0.465 e. The maximum atomic E-state index is 14.7. The number of benzene rings is 2. The molecule has 3 aromatic rings. The summed E-state index contributed by atoms with van der Waals surface area (Å²) in [6.45, 7) is 2.02. The van der Waals surface area contributed by atoms with Crippen LogP contribution < -0.4 is 10.6 Å². The number of hydrogen-bond donors (Lipinski definition) is 3. The molecule has 3 N–H and O–H groups in total. The van der Waals surface area contributed by atoms with E-state index in [4.69, 9.17) is 16.7 Å². The molecule has 11 heteroatoms. The van der Waals surface area contributed by atoms with Crippen molar-refractivity contribution in [3.63, 3.8) is 0 Å². The van der Waals surface area contributed by atoms with Gasteiger partial charge in [0.2, 0.25) is 11.8 Å². The Morgan fingerprint density at radius 3 is 2.71 bits per heavy atom. The molecule has 41 heavy (non-hydrogen) atoms. The Bertz CT molecular complexity index is 1580. The van der Waals surface area contributed by atoms with Gasteiger partial charge >= 0.3 is 6.09 Å². The van der Waals surface area contributed by atoms with E-state index in [1.54, 1.807) is 35.4 Å². The number of halogens is 3. The fraction of sp³-hybridized carbons (Fsp3) is 0.267. The number of aromatic nitrogens is 1. The summed E-state index contributed by atoms with van der Waals surface area (Å²) >= 11 is 5.88. The summed E-state index contributed by atoms with van der Waals surface area (Å²) in [6.07, 6.45) is 3.53. The van der Waals surface area contributed by atoms with Gasteiger partial charge in [0.15, 0.2) is 5.82 Å². The highest BCUT2D eigenvalue weighted by atomic mass is 35.5. The molecule has 3 amide bonds. The Labute approximate surface area is 240 Å². The molecule has 0 fully saturated rings. The monoisotopic (exact) mass is 580 g/mol. The fourth-order valence-electron chi connectivity index (χ4n) is 5.35. The molecule has 0 unspecified atom stereocenters. The van der Waals surface area contributed by atoms with Crippen LogP contribution in [0, 0.1) is 17.6 Å². The second kappa shape index (κ2) is 11.7. The van der Waals surface area contributed by atoms with Crippen LogP contribution in [0.5, 0.6) is 0 Å². The van der Waals surface area contributed by atoms with Crippen molar-refractivity contribution in [1.29, 1.82) is 0 Å². The standard InChI is InChI=1S/C30H27ClF2N4O4/c1-16-3-2-4-25(37-12-10-18(14-26(37)38)27-22(32)8-7-21(31)28(27)33)24-13-17(9-11-34-24)20-6-5-19(35-30(40)41)15-23(20)36-29(16)39/h5-9,11,13-16,25,35H,2-4,10,12H2,1H3,(H,36,39)(H,40,41)/t16-,25-/m0/s1. The number of nitrogens with one attached hydrogen (secondary N) is 2. The number of nitrogens with zero attached hydrogens (tertiary/aromatic N) is 2. The van der Waals surface area contributed by atoms with Gasteiger partial charge in [-0.3, -0.25) is 19.9 Å². The molecule has 3 heterocycles. The molecule has 2 bridgehead atoms. The zero-order valence-corrected chi connectivity index (χ0v) is 22.8. The molecule has 0 saturated heterocycles. The van der Waals surface area contributed by atoms with E-state index in [0.717, 1.165) is 12.1 Å². The van der Waals surface area contributed by atoms with E-state index in [0.29, 0.717) is 47.5 Å². The van der Waals surface area contributed by atoms with Crippen LogP contribution in [0.1, 0.15) is 49.9 Å². The highest BCUT2D eigenvalue weighted by Gasteiger charge is 2.31. The average Bonchev–Trinajstić information content (AvgIpc) is 2.93. The SMILES string of the molecule is C[C@H]1CCC[C@H](N2CCC(c3c(F)ccc(Cl)c3F)=CC2=O)c2cc(ccn2)-c2ccc(NC(=O)O)cc2NC1=O. The molecule has 0 spiro atoms. The number of carboxylic acid groups (broad SMARTS) is 1. The van der Waals surface area contributed by atoms with Gasteiger partial charge in [-0.25, -0.2) is 13.6 Å². The van der Waals surface area contributed by atoms with Gasteiger partial charge in [0, 0.05) is 36.0 Å². The summed E-state index contributed by atoms with van der Waals surface area (Å²) in [5, 5.41) is 14.2. The first-order valence-corrected chi connectivity index (χ1v) is 13.6. The van der Waals surface area contributed by atoms with Crippen LogP contribution in [-0.4, -0.2) is 39.4 Å². The second-order valence-electron chi connectivity index (χ2n) is 10.2. The number of amides is 3. The van der Waals surface area contributed by atoms with Gasteiger partial charge < -0.3 is 15.3 Å². The van der Waals surface area contributed by atoms with Crippen molar-refractivity contribution in [1.82, 2.24) is 9.88 Å². The Morgan fingerprint density at radius 2 is 1.95 bits per heavy atom. The third-order valence-corrected chi connectivity index (χ3v) is 7.76. The minimum atomic E-state index is -1.23. The third kappa shape index (κ3) is 5.92. The Balaban J connectivity index is 1.53. The quantitative estimate of drug-likeness (QED) is 0.292. The highest BCUT2D eigenvalue weighted by molar-refractivity contribution is 6.31. The van der Waals surface area contributed by atoms with Crippen molar-refractivity contribution in [2.75, 3.05) is 17.2 Å². The van der Waals surface area contributed by atoms with E-state index in [1.807, 2.05) is 13.0 Å². The lowest BCUT2D eigenvalue weighted by atomic mass is 9.92. The molecule has 0 aliphatic carbocycles. The summed E-state index contributed by atoms with van der Waals surface area (Å²) < 4.78 is 29.2. The van der Waals surface area contributed by atoms with Gasteiger partial charge in [-0.1, -0.05) is 31.0 Å². The zero-order valence-electron chi connectivity index (χ0n) is 22.1. The van der Waals surface area contributed by atoms with Crippen LogP contribution in [0.4, 0.5) is 25.0 Å². The maximum Gasteiger partial charge on any atom is 0.409 e. The molecular formula is C30H27ClF2N4O4. The first-order chi connectivity index (χ1) is 19.6. The molecular weight excluding hydrogens is 554 g/mol. The molecule has 2 aliphatic heterocycles. The molecule has 2 aromatic carbocycles. The Morgan fingerprint density at radius 1 is 1.15 bits per heavy atom. The van der Waals surface area contributed by atoms with Crippen molar-refractivity contribution in [3.05, 3.63) is 82.7 Å². The van der Waals surface area contributed by atoms with E-state index in [1.165, 1.54) is 6.08 Å². The largest absolute Gasteiger partial charge is 0.465 e. The molecule has 0 radical (unpaired) electrons. The van der Waals surface area contributed by atoms with E-state index >= 15 is 0 Å². The van der Waals surface area contributed by atoms with Crippen LogP contribution in [0.15, 0.2) is 54.7 Å². The van der Waals surface area contributed by atoms with Gasteiger partial charge in [0.25, 0.3) is 0 Å². The Kier molecular flexibility index (Phi) is 8.03. The van der Waals surface area contributed by atoms with Gasteiger partial charge in [0.1, 0.15) is 5.82 Å². The minimum absolute atomic E-state index is 0.211. The van der Waals surface area contributed by atoms with Crippen molar-refractivity contribution in [2.45, 2.75) is 38.6 Å². The van der Waals surface area contributed by atoms with Crippen LogP contribution in [0.3, 0.4) is 0 Å². The predicted molar refractivity (Wildman–Crippen MR) is 151 cm³/mol. The Hall–Kier alpha value is -4.31. The molecule has 2 aliphatic rings. The topological polar surface area (TPSA) is 112 Å². The van der Waals surface area contributed by atoms with E-state index in [-0.39, 0.29) is 40.9 Å². The number of anilines is 2. The lowest BCUT2D eigenvalue weighted by molar-refractivity contribution is -0.129. The van der Waals surface area contributed by atoms with Gasteiger partial charge in [-0.2, -0.15) is 0 Å². The van der Waals surface area contributed by atoms with Gasteiger partial charge in [-0.15, -0.1) is 0 Å². The summed E-state index contributed by atoms with van der Waals surface area (Å²) in [7, 11) is 0. The number of hydrogen-bond acceptors (Lipinski definition) is 4. The lowest BCUT2D eigenvalue weighted by Gasteiger charge is -2.34. The number of fused-ring (bicyclic) bond motifs is 4. The van der Waals surface area contributed by atoms with Crippen LogP contribution >= 0.6 is 11.6 Å². The highest BCUT2D eigenvalue weighted by Crippen LogP contribution is 2.38. The lowest BCUT2D eigenvalue weighted by Crippen LogP contribution is -2.38. The first kappa shape index (κ1) is 28.2. The normalized spacial score (nSPS) is 19.3. The molecule has 212 valence electrons. The van der Waals surface area contributed by atoms with Gasteiger partial charge in [0.05, 0.1) is 28.0 Å². The van der Waals surface area contributed by atoms with E-state index in [2.05, 4.69) is 15.6 Å². The summed E-state index contributed by atoms with van der Waals surface area (Å²) in [6, 6.07) is 10.3. The molecule has 5 rings (SSSR count). The number of pyridine rings is 1. The first-order valence-electron chi connectivity index (χ1n) is 13.2. The van der Waals surface area contributed by atoms with Crippen molar-refractivity contribution >= 4 is 46.5 Å². The fourth-order valence-corrected chi connectivity index (χ4v) is 5.51. The van der Waals surface area contributed by atoms with E-state index < -0.39 is 29.7 Å². The molecule has 0 saturated carbocycles. The number of carbonyl (C=O) groups is 3. The molecule has 8 nitrogen and oxygen atoms in total. The predicted octanol–water partition coefficient (Wildman–Crippen LogP) is 6.89. The van der Waals surface area contributed by atoms with Crippen LogP contribution in [0.25, 0.3) is 16.7 Å². The molecule has 2 atom stereocenters. The van der Waals surface area contributed by atoms with Crippen LogP contribution in [-0.2, 0) is 9.59 Å². The molecule has 1 aromatic heterocycles. The maximum absolute atomic E-state index is 14.7. The number of rotatable bonds is 3. The van der Waals surface area contributed by atoms with Crippen molar-refractivity contribution in [2.24, 2.45) is 5.92 Å².